The fraction of sp³-hybridized carbons (Fsp3) is 0.842. The number of aliphatic hydroxyl groups excluding tert-OH is 3. The molecule has 0 aliphatic carbocycles. The number of hydrogen-bond donors (Lipinski definition) is 4. The molecule has 0 saturated carbocycles. The van der Waals surface area contributed by atoms with Gasteiger partial charge in [0.15, 0.2) is 6.29 Å². The molecule has 1 rings (SSSR count). The Balaban J connectivity index is 2.30. The Kier molecular flexibility index (Phi) is 45.3. The van der Waals surface area contributed by atoms with E-state index in [0.717, 1.165) is 77.0 Å². The lowest BCUT2D eigenvalue weighted by molar-refractivity contribution is -0.301. The molecule has 70 heavy (non-hydrogen) atoms. The van der Waals surface area contributed by atoms with Crippen LogP contribution in [0.4, 0.5) is 0 Å². The van der Waals surface area contributed by atoms with Gasteiger partial charge in [-0.05, 0) is 51.4 Å². The molecular formula is C57H104O12S. The third-order valence-corrected chi connectivity index (χ3v) is 13.4. The van der Waals surface area contributed by atoms with E-state index < -0.39 is 59.8 Å². The Morgan fingerprint density at radius 3 is 1.44 bits per heavy atom. The van der Waals surface area contributed by atoms with E-state index in [2.05, 4.69) is 66.6 Å². The molecule has 4 N–H and O–H groups in total. The number of aliphatic hydroxyl groups is 3. The minimum atomic E-state index is -5.07. The predicted molar refractivity (Wildman–Crippen MR) is 285 cm³/mol. The molecule has 1 aliphatic heterocycles. The molecule has 13 heteroatoms. The minimum Gasteiger partial charge on any atom is -0.457 e. The number of ether oxygens (including phenoxy) is 4. The van der Waals surface area contributed by atoms with Gasteiger partial charge >= 0.3 is 16.4 Å². The largest absolute Gasteiger partial charge is 0.457 e. The Morgan fingerprint density at radius 2 is 0.986 bits per heavy atom. The topological polar surface area (TPSA) is 178 Å². The fourth-order valence-electron chi connectivity index (χ4n) is 8.73. The van der Waals surface area contributed by atoms with Crippen molar-refractivity contribution in [3.05, 3.63) is 48.6 Å². The van der Waals surface area contributed by atoms with Crippen LogP contribution in [0, 0.1) is 0 Å². The van der Waals surface area contributed by atoms with Crippen LogP contribution < -0.4 is 0 Å². The van der Waals surface area contributed by atoms with E-state index in [1.807, 2.05) is 0 Å². The van der Waals surface area contributed by atoms with E-state index in [4.69, 9.17) is 18.9 Å². The quantitative estimate of drug-likeness (QED) is 0.0196. The molecule has 0 aromatic heterocycles. The maximum absolute atomic E-state index is 13.0. The van der Waals surface area contributed by atoms with Crippen molar-refractivity contribution < 1.29 is 56.2 Å². The van der Waals surface area contributed by atoms with E-state index >= 15 is 0 Å². The summed E-state index contributed by atoms with van der Waals surface area (Å²) in [6.07, 6.45) is 51.5. The van der Waals surface area contributed by atoms with Gasteiger partial charge in [0, 0.05) is 13.0 Å². The van der Waals surface area contributed by atoms with Crippen LogP contribution in [0.2, 0.25) is 0 Å². The molecule has 0 bridgehead atoms. The zero-order valence-corrected chi connectivity index (χ0v) is 45.1. The maximum atomic E-state index is 13.0. The molecule has 6 unspecified atom stereocenters. The van der Waals surface area contributed by atoms with Crippen LogP contribution in [0.5, 0.6) is 0 Å². The summed E-state index contributed by atoms with van der Waals surface area (Å²) in [6, 6.07) is 0. The number of hydrogen-bond acceptors (Lipinski definition) is 11. The Bertz CT molecular complexity index is 1400. The highest BCUT2D eigenvalue weighted by molar-refractivity contribution is 7.80. The number of allylic oxidation sites excluding steroid dienone is 8. The van der Waals surface area contributed by atoms with Gasteiger partial charge < -0.3 is 34.3 Å². The van der Waals surface area contributed by atoms with Gasteiger partial charge in [-0.15, -0.1) is 0 Å². The number of carbonyl (C=O) groups excluding carboxylic acids is 1. The number of unbranched alkanes of at least 4 members (excludes halogenated alkanes) is 29. The van der Waals surface area contributed by atoms with Crippen LogP contribution in [0.15, 0.2) is 48.6 Å². The third kappa shape index (κ3) is 40.5. The fourth-order valence-corrected chi connectivity index (χ4v) is 9.23. The van der Waals surface area contributed by atoms with E-state index in [1.54, 1.807) is 0 Å². The second-order valence-electron chi connectivity index (χ2n) is 19.5. The monoisotopic (exact) mass is 1010 g/mol. The van der Waals surface area contributed by atoms with Crippen LogP contribution in [0.3, 0.4) is 0 Å². The van der Waals surface area contributed by atoms with Gasteiger partial charge in [0.05, 0.1) is 19.8 Å². The lowest BCUT2D eigenvalue weighted by atomic mass is 9.99. The zero-order valence-electron chi connectivity index (χ0n) is 44.3. The molecule has 1 saturated heterocycles. The van der Waals surface area contributed by atoms with E-state index in [-0.39, 0.29) is 19.6 Å². The van der Waals surface area contributed by atoms with Crippen molar-refractivity contribution >= 4 is 16.4 Å². The molecular weight excluding hydrogens is 909 g/mol. The molecule has 6 atom stereocenters. The van der Waals surface area contributed by atoms with Crippen molar-refractivity contribution in [1.82, 2.24) is 0 Å². The van der Waals surface area contributed by atoms with Gasteiger partial charge in [-0.3, -0.25) is 9.35 Å². The highest BCUT2D eigenvalue weighted by Gasteiger charge is 2.48. The van der Waals surface area contributed by atoms with Crippen LogP contribution in [0.25, 0.3) is 0 Å². The van der Waals surface area contributed by atoms with Crippen molar-refractivity contribution in [3.63, 3.8) is 0 Å². The average molecular weight is 1010 g/mol. The second-order valence-corrected chi connectivity index (χ2v) is 20.6. The van der Waals surface area contributed by atoms with Crippen LogP contribution in [-0.2, 0) is 38.3 Å². The molecule has 0 spiro atoms. The molecule has 0 aromatic rings. The number of rotatable bonds is 50. The van der Waals surface area contributed by atoms with Gasteiger partial charge in [-0.25, -0.2) is 4.18 Å². The molecule has 1 aliphatic rings. The summed E-state index contributed by atoms with van der Waals surface area (Å²) in [6.45, 7) is 3.90. The maximum Gasteiger partial charge on any atom is 0.397 e. The van der Waals surface area contributed by atoms with Gasteiger partial charge in [0.1, 0.15) is 30.5 Å². The van der Waals surface area contributed by atoms with Gasteiger partial charge in [0.25, 0.3) is 0 Å². The second kappa shape index (κ2) is 48.0. The van der Waals surface area contributed by atoms with E-state index in [1.165, 1.54) is 141 Å². The first-order valence-corrected chi connectivity index (χ1v) is 29.8. The van der Waals surface area contributed by atoms with E-state index in [9.17, 15) is 33.1 Å². The Hall–Kier alpha value is -1.94. The van der Waals surface area contributed by atoms with Crippen LogP contribution in [0.1, 0.15) is 245 Å². The normalized spacial score (nSPS) is 19.4. The van der Waals surface area contributed by atoms with Gasteiger partial charge in [-0.2, -0.15) is 8.42 Å². The highest BCUT2D eigenvalue weighted by atomic mass is 32.3. The van der Waals surface area contributed by atoms with Crippen molar-refractivity contribution in [1.29, 1.82) is 0 Å². The SMILES string of the molecule is CC/C=C\C/C=C\C/C=C\C/C=C\CCCCCCCCCOCC(COC1OC(CO)C(O)C(OS(=O)(=O)O)C1O)OC(=O)CCCCCCCCCCCCCCCCCCCCCCCCC. The smallest absolute Gasteiger partial charge is 0.397 e. The van der Waals surface area contributed by atoms with Gasteiger partial charge in [0.2, 0.25) is 0 Å². The van der Waals surface area contributed by atoms with Crippen molar-refractivity contribution in [2.45, 2.75) is 282 Å². The summed E-state index contributed by atoms with van der Waals surface area (Å²) >= 11 is 0. The Labute approximate surface area is 427 Å². The molecule has 12 nitrogen and oxygen atoms in total. The van der Waals surface area contributed by atoms with Crippen LogP contribution in [-0.4, -0.2) is 97.5 Å². The lowest BCUT2D eigenvalue weighted by Crippen LogP contribution is -2.60. The van der Waals surface area contributed by atoms with Crippen molar-refractivity contribution in [2.75, 3.05) is 26.4 Å². The predicted octanol–water partition coefficient (Wildman–Crippen LogP) is 13.9. The summed E-state index contributed by atoms with van der Waals surface area (Å²) in [4.78, 5) is 13.0. The van der Waals surface area contributed by atoms with Crippen LogP contribution >= 0.6 is 0 Å². The van der Waals surface area contributed by atoms with Gasteiger partial charge in [-0.1, -0.05) is 236 Å². The molecule has 0 radical (unpaired) electrons. The summed E-state index contributed by atoms with van der Waals surface area (Å²) in [5, 5.41) is 30.8. The summed E-state index contributed by atoms with van der Waals surface area (Å²) in [5.74, 6) is -0.399. The lowest BCUT2D eigenvalue weighted by Gasteiger charge is -2.41. The first kappa shape index (κ1) is 66.1. The summed E-state index contributed by atoms with van der Waals surface area (Å²) in [7, 11) is -5.07. The number of carbonyl (C=O) groups is 1. The molecule has 0 aromatic carbocycles. The summed E-state index contributed by atoms with van der Waals surface area (Å²) < 4.78 is 59.4. The first-order valence-electron chi connectivity index (χ1n) is 28.4. The van der Waals surface area contributed by atoms with E-state index in [0.29, 0.717) is 13.0 Å². The highest BCUT2D eigenvalue weighted by Crippen LogP contribution is 2.26. The molecule has 1 fully saturated rings. The molecule has 0 amide bonds. The molecule has 410 valence electrons. The third-order valence-electron chi connectivity index (χ3n) is 13.0. The summed E-state index contributed by atoms with van der Waals surface area (Å²) in [5.41, 5.74) is 0. The Morgan fingerprint density at radius 1 is 0.557 bits per heavy atom. The average Bonchev–Trinajstić information content (AvgIpc) is 3.34. The van der Waals surface area contributed by atoms with Crippen molar-refractivity contribution in [2.24, 2.45) is 0 Å². The zero-order chi connectivity index (χ0) is 51.0. The minimum absolute atomic E-state index is 0.0300. The molecule has 1 heterocycles. The standard InChI is InChI=1S/C57H104O12S/c1-3-5-7-9-11-13-15-17-19-21-23-25-26-27-28-30-32-34-36-38-40-42-44-46-53(59)67-51(50-66-57-55(61)56(69-70(62,63)64)54(60)52(48-58)68-57)49-65-47-45-43-41-39-37-35-33-31-29-24-22-20-18-16-14-12-10-8-6-4-2/h6,8,12,14,18,20,24,29,51-52,54-58,60-61H,3-5,7,9-11,13,15-17,19,21-23,25-28,30-50H2,1-2H3,(H,62,63,64)/b8-6-,14-12-,20-18-,29-24-. The first-order chi connectivity index (χ1) is 34.1. The van der Waals surface area contributed by atoms with Crippen molar-refractivity contribution in [3.8, 4) is 0 Å². The number of esters is 1.